The molecule has 0 fully saturated rings. The van der Waals surface area contributed by atoms with Crippen molar-refractivity contribution in [3.8, 4) is 0 Å². The molecule has 2 rings (SSSR count). The van der Waals surface area contributed by atoms with Crippen molar-refractivity contribution in [2.75, 3.05) is 12.4 Å². The van der Waals surface area contributed by atoms with Crippen molar-refractivity contribution < 1.29 is 9.53 Å². The van der Waals surface area contributed by atoms with E-state index in [0.29, 0.717) is 21.6 Å². The standard InChI is InChI=1S/C12H9Cl2N3O2/c1-19-12(18)9-5-15-6-10(17-9)16-8-4-2-3-7(13)11(8)14/h2-6H,1H3,(H,16,17). The van der Waals surface area contributed by atoms with Crippen LogP contribution in [-0.4, -0.2) is 23.0 Å². The zero-order valence-corrected chi connectivity index (χ0v) is 11.4. The highest BCUT2D eigenvalue weighted by molar-refractivity contribution is 6.43. The van der Waals surface area contributed by atoms with Crippen molar-refractivity contribution in [3.63, 3.8) is 0 Å². The molecule has 0 atom stereocenters. The van der Waals surface area contributed by atoms with Gasteiger partial charge in [0.25, 0.3) is 0 Å². The highest BCUT2D eigenvalue weighted by atomic mass is 35.5. The Labute approximate surface area is 119 Å². The van der Waals surface area contributed by atoms with Gasteiger partial charge in [-0.15, -0.1) is 0 Å². The van der Waals surface area contributed by atoms with Crippen LogP contribution >= 0.6 is 23.2 Å². The van der Waals surface area contributed by atoms with Crippen molar-refractivity contribution in [3.05, 3.63) is 46.3 Å². The molecule has 19 heavy (non-hydrogen) atoms. The number of esters is 1. The van der Waals surface area contributed by atoms with Crippen LogP contribution in [0.5, 0.6) is 0 Å². The van der Waals surface area contributed by atoms with Crippen LogP contribution in [0.3, 0.4) is 0 Å². The predicted octanol–water partition coefficient (Wildman–Crippen LogP) is 3.31. The van der Waals surface area contributed by atoms with E-state index in [2.05, 4.69) is 20.0 Å². The van der Waals surface area contributed by atoms with Crippen LogP contribution in [0.15, 0.2) is 30.6 Å². The quantitative estimate of drug-likeness (QED) is 0.881. The summed E-state index contributed by atoms with van der Waals surface area (Å²) in [6.07, 6.45) is 2.78. The third-order valence-electron chi connectivity index (χ3n) is 2.24. The van der Waals surface area contributed by atoms with Crippen molar-refractivity contribution in [1.29, 1.82) is 0 Å². The van der Waals surface area contributed by atoms with Gasteiger partial charge in [-0.05, 0) is 12.1 Å². The lowest BCUT2D eigenvalue weighted by Crippen LogP contribution is -2.06. The largest absolute Gasteiger partial charge is 0.464 e. The molecule has 2 aromatic rings. The van der Waals surface area contributed by atoms with Gasteiger partial charge in [0.15, 0.2) is 5.69 Å². The lowest BCUT2D eigenvalue weighted by Gasteiger charge is -2.08. The summed E-state index contributed by atoms with van der Waals surface area (Å²) in [4.78, 5) is 19.3. The number of ether oxygens (including phenoxy) is 1. The van der Waals surface area contributed by atoms with Crippen LogP contribution < -0.4 is 5.32 Å². The van der Waals surface area contributed by atoms with Gasteiger partial charge in [0, 0.05) is 0 Å². The summed E-state index contributed by atoms with van der Waals surface area (Å²) in [6.45, 7) is 0. The van der Waals surface area contributed by atoms with Crippen molar-refractivity contribution in [2.24, 2.45) is 0 Å². The number of halogens is 2. The first-order valence-electron chi connectivity index (χ1n) is 5.23. The molecule has 0 spiro atoms. The zero-order chi connectivity index (χ0) is 13.8. The van der Waals surface area contributed by atoms with E-state index in [4.69, 9.17) is 23.2 Å². The molecule has 0 aliphatic heterocycles. The van der Waals surface area contributed by atoms with Crippen LogP contribution in [0.4, 0.5) is 11.5 Å². The highest BCUT2D eigenvalue weighted by Crippen LogP contribution is 2.31. The van der Waals surface area contributed by atoms with Gasteiger partial charge < -0.3 is 10.1 Å². The third-order valence-corrected chi connectivity index (χ3v) is 3.06. The topological polar surface area (TPSA) is 64.1 Å². The Morgan fingerprint density at radius 3 is 2.84 bits per heavy atom. The highest BCUT2D eigenvalue weighted by Gasteiger charge is 2.10. The van der Waals surface area contributed by atoms with E-state index >= 15 is 0 Å². The molecule has 7 heteroatoms. The summed E-state index contributed by atoms with van der Waals surface area (Å²) in [6, 6.07) is 5.15. The number of aromatic nitrogens is 2. The molecule has 0 radical (unpaired) electrons. The van der Waals surface area contributed by atoms with Gasteiger partial charge in [0.2, 0.25) is 0 Å². The number of carbonyl (C=O) groups excluding carboxylic acids is 1. The number of anilines is 2. The molecule has 1 aromatic heterocycles. The van der Waals surface area contributed by atoms with E-state index in [1.54, 1.807) is 18.2 Å². The molecule has 0 saturated carbocycles. The SMILES string of the molecule is COC(=O)c1cncc(Nc2cccc(Cl)c2Cl)n1. The molecule has 98 valence electrons. The number of benzene rings is 1. The Morgan fingerprint density at radius 1 is 1.32 bits per heavy atom. The smallest absolute Gasteiger partial charge is 0.358 e. The second-order valence-corrected chi connectivity index (χ2v) is 4.29. The zero-order valence-electron chi connectivity index (χ0n) is 9.85. The monoisotopic (exact) mass is 297 g/mol. The summed E-state index contributed by atoms with van der Waals surface area (Å²) >= 11 is 11.9. The van der Waals surface area contributed by atoms with Crippen molar-refractivity contribution >= 4 is 40.7 Å². The number of nitrogens with zero attached hydrogens (tertiary/aromatic N) is 2. The molecular formula is C12H9Cl2N3O2. The van der Waals surface area contributed by atoms with Crippen molar-refractivity contribution in [1.82, 2.24) is 9.97 Å². The Kier molecular flexibility index (Phi) is 4.19. The average molecular weight is 298 g/mol. The first-order valence-corrected chi connectivity index (χ1v) is 5.99. The van der Waals surface area contributed by atoms with Crippen LogP contribution in [0.1, 0.15) is 10.5 Å². The average Bonchev–Trinajstić information content (AvgIpc) is 2.43. The Bertz CT molecular complexity index is 620. The van der Waals surface area contributed by atoms with Gasteiger partial charge in [-0.25, -0.2) is 9.78 Å². The first-order chi connectivity index (χ1) is 9.11. The first kappa shape index (κ1) is 13.6. The van der Waals surface area contributed by atoms with Gasteiger partial charge in [-0.1, -0.05) is 29.3 Å². The van der Waals surface area contributed by atoms with Gasteiger partial charge in [0.1, 0.15) is 5.82 Å². The molecule has 1 aromatic carbocycles. The van der Waals surface area contributed by atoms with E-state index in [9.17, 15) is 4.79 Å². The summed E-state index contributed by atoms with van der Waals surface area (Å²) in [5.41, 5.74) is 0.677. The molecule has 0 amide bonds. The summed E-state index contributed by atoms with van der Waals surface area (Å²) in [5, 5.41) is 3.72. The Morgan fingerprint density at radius 2 is 2.11 bits per heavy atom. The Hall–Kier alpha value is -1.85. The lowest BCUT2D eigenvalue weighted by atomic mass is 10.3. The molecule has 1 N–H and O–H groups in total. The number of rotatable bonds is 3. The minimum Gasteiger partial charge on any atom is -0.464 e. The molecule has 5 nitrogen and oxygen atoms in total. The minimum atomic E-state index is -0.562. The summed E-state index contributed by atoms with van der Waals surface area (Å²) < 4.78 is 4.57. The van der Waals surface area contributed by atoms with E-state index in [1.807, 2.05) is 0 Å². The van der Waals surface area contributed by atoms with Gasteiger partial charge in [-0.3, -0.25) is 4.98 Å². The summed E-state index contributed by atoms with van der Waals surface area (Å²) in [5.74, 6) is -0.194. The maximum atomic E-state index is 11.3. The molecule has 1 heterocycles. The lowest BCUT2D eigenvalue weighted by molar-refractivity contribution is 0.0593. The fraction of sp³-hybridized carbons (Fsp3) is 0.0833. The van der Waals surface area contributed by atoms with Crippen LogP contribution in [0.25, 0.3) is 0 Å². The van der Waals surface area contributed by atoms with Crippen LogP contribution in [0.2, 0.25) is 10.0 Å². The Balaban J connectivity index is 2.28. The molecule has 0 aliphatic carbocycles. The second-order valence-electron chi connectivity index (χ2n) is 3.51. The normalized spacial score (nSPS) is 10.1. The van der Waals surface area contributed by atoms with Gasteiger partial charge in [-0.2, -0.15) is 0 Å². The minimum absolute atomic E-state index is 0.102. The van der Waals surface area contributed by atoms with Crippen LogP contribution in [0, 0.1) is 0 Å². The molecule has 0 bridgehead atoms. The van der Waals surface area contributed by atoms with Gasteiger partial charge in [0.05, 0.1) is 35.2 Å². The molecule has 0 unspecified atom stereocenters. The van der Waals surface area contributed by atoms with E-state index < -0.39 is 5.97 Å². The van der Waals surface area contributed by atoms with E-state index in [-0.39, 0.29) is 5.69 Å². The maximum Gasteiger partial charge on any atom is 0.358 e. The predicted molar refractivity (Wildman–Crippen MR) is 73.1 cm³/mol. The fourth-order valence-corrected chi connectivity index (χ4v) is 1.72. The maximum absolute atomic E-state index is 11.3. The molecular weight excluding hydrogens is 289 g/mol. The number of nitrogens with one attached hydrogen (secondary N) is 1. The number of hydrogen-bond donors (Lipinski definition) is 1. The van der Waals surface area contributed by atoms with Crippen LogP contribution in [-0.2, 0) is 4.74 Å². The second kappa shape index (κ2) is 5.86. The fourth-order valence-electron chi connectivity index (χ4n) is 1.37. The number of hydrogen-bond acceptors (Lipinski definition) is 5. The number of carbonyl (C=O) groups is 1. The van der Waals surface area contributed by atoms with Gasteiger partial charge >= 0.3 is 5.97 Å². The van der Waals surface area contributed by atoms with E-state index in [1.165, 1.54) is 19.5 Å². The third kappa shape index (κ3) is 3.13. The molecule has 0 aliphatic rings. The van der Waals surface area contributed by atoms with Crippen molar-refractivity contribution in [2.45, 2.75) is 0 Å². The van der Waals surface area contributed by atoms with E-state index in [0.717, 1.165) is 0 Å². The summed E-state index contributed by atoms with van der Waals surface area (Å²) in [7, 11) is 1.28. The number of methoxy groups -OCH3 is 1. The molecule has 0 saturated heterocycles.